The molecule has 0 aromatic rings. The fourth-order valence-electron chi connectivity index (χ4n) is 3.30. The van der Waals surface area contributed by atoms with E-state index >= 15 is 0 Å². The molecule has 1 aliphatic carbocycles. The van der Waals surface area contributed by atoms with Gasteiger partial charge in [0.1, 0.15) is 0 Å². The van der Waals surface area contributed by atoms with Gasteiger partial charge in [0, 0.05) is 12.6 Å². The summed E-state index contributed by atoms with van der Waals surface area (Å²) in [6.45, 7) is 9.74. The molecule has 88 valence electrons. The minimum Gasteiger partial charge on any atom is -0.317 e. The molecule has 2 heteroatoms. The van der Waals surface area contributed by atoms with E-state index in [9.17, 15) is 0 Å². The summed E-state index contributed by atoms with van der Waals surface area (Å²) < 4.78 is 0. The average molecular weight is 294 g/mol. The Labute approximate surface area is 151 Å². The topological polar surface area (TPSA) is 3.24 Å². The van der Waals surface area contributed by atoms with Crippen LogP contribution >= 0.6 is 0 Å². The molecule has 2 aliphatic rings. The van der Waals surface area contributed by atoms with Gasteiger partial charge in [-0.1, -0.05) is 12.8 Å². The molecule has 1 aliphatic heterocycles. The monoisotopic (exact) mass is 293 g/mol. The van der Waals surface area contributed by atoms with Gasteiger partial charge >= 0.3 is 58.2 Å². The molecule has 1 saturated carbocycles. The molecule has 0 amide bonds. The molecule has 2 rings (SSSR count). The molecule has 0 aromatic carbocycles. The third-order valence-corrected chi connectivity index (χ3v) is 4.59. The first-order chi connectivity index (χ1) is 7.11. The van der Waals surface area contributed by atoms with E-state index in [1.54, 1.807) is 5.92 Å². The Balaban J connectivity index is 0.00000128. The summed E-state index contributed by atoms with van der Waals surface area (Å²) in [5.74, 6) is 1.74. The van der Waals surface area contributed by atoms with Gasteiger partial charge in [0.05, 0.1) is 0 Å². The van der Waals surface area contributed by atoms with E-state index in [4.69, 9.17) is 0 Å². The quantitative estimate of drug-likeness (QED) is 0.642. The Morgan fingerprint density at radius 2 is 1.75 bits per heavy atom. The van der Waals surface area contributed by atoms with Crippen molar-refractivity contribution >= 4 is 0 Å². The van der Waals surface area contributed by atoms with Crippen molar-refractivity contribution in [2.24, 2.45) is 5.41 Å². The van der Waals surface area contributed by atoms with Gasteiger partial charge in [0.25, 0.3) is 0 Å². The van der Waals surface area contributed by atoms with Crippen molar-refractivity contribution in [3.63, 3.8) is 0 Å². The van der Waals surface area contributed by atoms with Gasteiger partial charge in [0.2, 0.25) is 0 Å². The number of hydrogen-bond acceptors (Lipinski definition) is 1. The summed E-state index contributed by atoms with van der Waals surface area (Å²) in [7, 11) is 0. The van der Waals surface area contributed by atoms with Crippen molar-refractivity contribution in [2.75, 3.05) is 13.1 Å². The standard InChI is InChI=1S/C14H26N.Rb/c1-12(2)15-10-4-7-14(11-15)8-5-13(3)6-9-14;/h12H,4-11H2,1-3H3;/q-1;+1. The first kappa shape index (κ1) is 15.8. The SMILES string of the molecule is C[C-]1CCC2(CCCN(C(C)C)C2)CC1.[Rb+]. The first-order valence-corrected chi connectivity index (χ1v) is 6.67. The largest absolute Gasteiger partial charge is 1.00 e. The van der Waals surface area contributed by atoms with Crippen LogP contribution in [-0.2, 0) is 0 Å². The minimum absolute atomic E-state index is 0. The summed E-state index contributed by atoms with van der Waals surface area (Å²) in [5.41, 5.74) is 0.696. The van der Waals surface area contributed by atoms with Crippen molar-refractivity contribution in [3.05, 3.63) is 5.92 Å². The van der Waals surface area contributed by atoms with Crippen LogP contribution in [0.5, 0.6) is 0 Å². The minimum atomic E-state index is 0. The van der Waals surface area contributed by atoms with E-state index in [-0.39, 0.29) is 58.2 Å². The van der Waals surface area contributed by atoms with E-state index < -0.39 is 0 Å². The normalized spacial score (nSPS) is 27.0. The fourth-order valence-corrected chi connectivity index (χ4v) is 3.30. The van der Waals surface area contributed by atoms with Crippen LogP contribution in [0.3, 0.4) is 0 Å². The first-order valence-electron chi connectivity index (χ1n) is 6.67. The summed E-state index contributed by atoms with van der Waals surface area (Å²) in [6, 6.07) is 0.745. The molecule has 0 radical (unpaired) electrons. The van der Waals surface area contributed by atoms with E-state index in [1.807, 2.05) is 0 Å². The second-order valence-electron chi connectivity index (χ2n) is 6.12. The van der Waals surface area contributed by atoms with Crippen LogP contribution in [0.25, 0.3) is 0 Å². The van der Waals surface area contributed by atoms with Crippen LogP contribution in [-0.4, -0.2) is 24.0 Å². The van der Waals surface area contributed by atoms with E-state index in [1.165, 1.54) is 51.6 Å². The number of rotatable bonds is 1. The summed E-state index contributed by atoms with van der Waals surface area (Å²) in [6.07, 6.45) is 8.63. The Kier molecular flexibility index (Phi) is 6.72. The van der Waals surface area contributed by atoms with Gasteiger partial charge in [-0.25, -0.2) is 0 Å². The molecular weight excluding hydrogens is 268 g/mol. The summed E-state index contributed by atoms with van der Waals surface area (Å²) in [5, 5.41) is 0. The Hall–Kier alpha value is 1.77. The predicted molar refractivity (Wildman–Crippen MR) is 65.8 cm³/mol. The molecule has 16 heavy (non-hydrogen) atoms. The maximum atomic E-state index is 2.70. The number of piperidine rings is 1. The third kappa shape index (κ3) is 3.88. The Morgan fingerprint density at radius 3 is 2.31 bits per heavy atom. The van der Waals surface area contributed by atoms with Gasteiger partial charge in [-0.3, -0.25) is 0 Å². The average Bonchev–Trinajstić information content (AvgIpc) is 2.23. The number of hydrogen-bond donors (Lipinski definition) is 0. The van der Waals surface area contributed by atoms with E-state index in [2.05, 4.69) is 25.7 Å². The fraction of sp³-hybridized carbons (Fsp3) is 0.929. The number of likely N-dealkylation sites (tertiary alicyclic amines) is 1. The van der Waals surface area contributed by atoms with Crippen molar-refractivity contribution in [1.29, 1.82) is 0 Å². The molecular formula is C14H26NRb. The van der Waals surface area contributed by atoms with Crippen LogP contribution in [0.4, 0.5) is 0 Å². The molecule has 1 spiro atoms. The zero-order valence-electron chi connectivity index (χ0n) is 11.7. The van der Waals surface area contributed by atoms with Crippen LogP contribution in [0, 0.1) is 11.3 Å². The van der Waals surface area contributed by atoms with Gasteiger partial charge < -0.3 is 10.8 Å². The Bertz CT molecular complexity index is 207. The van der Waals surface area contributed by atoms with Crippen molar-refractivity contribution in [2.45, 2.75) is 65.3 Å². The molecule has 0 unspecified atom stereocenters. The van der Waals surface area contributed by atoms with Crippen molar-refractivity contribution in [1.82, 2.24) is 4.90 Å². The molecule has 0 bridgehead atoms. The third-order valence-electron chi connectivity index (χ3n) is 4.59. The van der Waals surface area contributed by atoms with E-state index in [0.717, 1.165) is 6.04 Å². The van der Waals surface area contributed by atoms with Crippen LogP contribution in [0.15, 0.2) is 0 Å². The van der Waals surface area contributed by atoms with Gasteiger partial charge in [-0.05, 0) is 38.6 Å². The van der Waals surface area contributed by atoms with Crippen LogP contribution in [0.2, 0.25) is 0 Å². The van der Waals surface area contributed by atoms with Crippen molar-refractivity contribution < 1.29 is 58.2 Å². The zero-order valence-corrected chi connectivity index (χ0v) is 16.6. The second kappa shape index (κ2) is 6.79. The molecule has 0 atom stereocenters. The summed E-state index contributed by atoms with van der Waals surface area (Å²) in [4.78, 5) is 2.70. The smallest absolute Gasteiger partial charge is 0.317 e. The van der Waals surface area contributed by atoms with Crippen LogP contribution < -0.4 is 58.2 Å². The second-order valence-corrected chi connectivity index (χ2v) is 6.12. The molecule has 0 aromatic heterocycles. The molecule has 1 heterocycles. The van der Waals surface area contributed by atoms with Gasteiger partial charge in [-0.2, -0.15) is 19.8 Å². The number of nitrogens with zero attached hydrogens (tertiary/aromatic N) is 1. The van der Waals surface area contributed by atoms with Crippen molar-refractivity contribution in [3.8, 4) is 0 Å². The Morgan fingerprint density at radius 1 is 1.12 bits per heavy atom. The maximum absolute atomic E-state index is 2.70. The van der Waals surface area contributed by atoms with E-state index in [0.29, 0.717) is 5.41 Å². The maximum Gasteiger partial charge on any atom is 1.00 e. The summed E-state index contributed by atoms with van der Waals surface area (Å²) >= 11 is 0. The van der Waals surface area contributed by atoms with Gasteiger partial charge in [-0.15, -0.1) is 0 Å². The molecule has 2 fully saturated rings. The molecule has 1 saturated heterocycles. The van der Waals surface area contributed by atoms with Crippen LogP contribution in [0.1, 0.15) is 59.3 Å². The molecule has 1 nitrogen and oxygen atoms in total. The zero-order chi connectivity index (χ0) is 10.9. The molecule has 0 N–H and O–H groups in total. The predicted octanol–water partition coefficient (Wildman–Crippen LogP) is 0.649. The van der Waals surface area contributed by atoms with Gasteiger partial charge in [0.15, 0.2) is 0 Å².